The summed E-state index contributed by atoms with van der Waals surface area (Å²) in [5, 5.41) is 13.6. The Labute approximate surface area is 113 Å². The maximum atomic E-state index is 11.6. The van der Waals surface area contributed by atoms with Gasteiger partial charge in [-0.05, 0) is 26.2 Å². The molecule has 0 heterocycles. The minimum absolute atomic E-state index is 0.0141. The van der Waals surface area contributed by atoms with Crippen LogP contribution in [0.2, 0.25) is 0 Å². The molecule has 108 valence electrons. The summed E-state index contributed by atoms with van der Waals surface area (Å²) in [5.41, 5.74) is -0.0681. The number of carboxylic acids is 1. The molecule has 6 nitrogen and oxygen atoms in total. The van der Waals surface area contributed by atoms with Crippen LogP contribution in [0, 0.1) is 5.92 Å². The Kier molecular flexibility index (Phi) is 6.82. The van der Waals surface area contributed by atoms with E-state index in [-0.39, 0.29) is 23.1 Å². The molecule has 0 radical (unpaired) electrons. The summed E-state index contributed by atoms with van der Waals surface area (Å²) >= 11 is 0. The molecule has 0 bridgehead atoms. The average Bonchev–Trinajstić information content (AvgIpc) is 2.33. The average molecular weight is 270 g/mol. The van der Waals surface area contributed by atoms with Crippen LogP contribution in [0.25, 0.3) is 0 Å². The van der Waals surface area contributed by atoms with E-state index in [1.807, 2.05) is 20.8 Å². The van der Waals surface area contributed by atoms with Gasteiger partial charge < -0.3 is 10.4 Å². The van der Waals surface area contributed by atoms with Crippen molar-refractivity contribution < 1.29 is 19.5 Å². The number of carbonyl (C=O) groups is 3. The molecule has 3 amide bonds. The van der Waals surface area contributed by atoms with Crippen LogP contribution < -0.4 is 10.6 Å². The maximum Gasteiger partial charge on any atom is 0.331 e. The largest absolute Gasteiger partial charge is 0.478 e. The van der Waals surface area contributed by atoms with Gasteiger partial charge in [0.25, 0.3) is 5.91 Å². The number of nitrogens with one attached hydrogen (secondary N) is 2. The van der Waals surface area contributed by atoms with Crippen molar-refractivity contribution in [1.29, 1.82) is 0 Å². The maximum absolute atomic E-state index is 11.6. The molecule has 1 unspecified atom stereocenters. The highest BCUT2D eigenvalue weighted by molar-refractivity contribution is 6.07. The van der Waals surface area contributed by atoms with Gasteiger partial charge in [0.05, 0.1) is 0 Å². The van der Waals surface area contributed by atoms with Crippen LogP contribution in [-0.4, -0.2) is 29.1 Å². The molecule has 0 aromatic carbocycles. The van der Waals surface area contributed by atoms with E-state index >= 15 is 0 Å². The van der Waals surface area contributed by atoms with Gasteiger partial charge in [-0.2, -0.15) is 0 Å². The summed E-state index contributed by atoms with van der Waals surface area (Å²) in [4.78, 5) is 34.0. The molecule has 0 aromatic heterocycles. The van der Waals surface area contributed by atoms with Gasteiger partial charge in [-0.1, -0.05) is 20.8 Å². The second-order valence-electron chi connectivity index (χ2n) is 4.74. The third kappa shape index (κ3) is 5.54. The number of urea groups is 1. The van der Waals surface area contributed by atoms with Gasteiger partial charge in [0.2, 0.25) is 0 Å². The zero-order valence-corrected chi connectivity index (χ0v) is 12.0. The van der Waals surface area contributed by atoms with Gasteiger partial charge in [-0.3, -0.25) is 10.1 Å². The first-order chi connectivity index (χ1) is 8.70. The predicted molar refractivity (Wildman–Crippen MR) is 71.6 cm³/mol. The smallest absolute Gasteiger partial charge is 0.331 e. The van der Waals surface area contributed by atoms with E-state index in [4.69, 9.17) is 5.11 Å². The third-order valence-electron chi connectivity index (χ3n) is 3.01. The van der Waals surface area contributed by atoms with Gasteiger partial charge >= 0.3 is 12.0 Å². The molecular formula is C13H22N2O4. The summed E-state index contributed by atoms with van der Waals surface area (Å²) in [5.74, 6) is -1.62. The van der Waals surface area contributed by atoms with Crippen molar-refractivity contribution in [3.05, 3.63) is 11.1 Å². The molecule has 0 aliphatic carbocycles. The molecule has 19 heavy (non-hydrogen) atoms. The molecule has 0 aliphatic heterocycles. The highest BCUT2D eigenvalue weighted by Gasteiger charge is 2.18. The minimum atomic E-state index is -1.18. The monoisotopic (exact) mass is 270 g/mol. The number of aliphatic carboxylic acids is 1. The molecule has 0 fully saturated rings. The van der Waals surface area contributed by atoms with Crippen LogP contribution in [0.5, 0.6) is 0 Å². The first-order valence-electron chi connectivity index (χ1n) is 6.23. The van der Waals surface area contributed by atoms with E-state index in [0.29, 0.717) is 0 Å². The lowest BCUT2D eigenvalue weighted by Gasteiger charge is -2.20. The molecule has 0 rings (SSSR count). The van der Waals surface area contributed by atoms with Crippen molar-refractivity contribution in [2.45, 2.75) is 47.1 Å². The second-order valence-corrected chi connectivity index (χ2v) is 4.74. The van der Waals surface area contributed by atoms with E-state index in [2.05, 4.69) is 10.6 Å². The summed E-state index contributed by atoms with van der Waals surface area (Å²) in [6.07, 6.45) is 0.752. The van der Waals surface area contributed by atoms with E-state index < -0.39 is 17.9 Å². The number of carbonyl (C=O) groups excluding carboxylic acids is 2. The molecule has 3 N–H and O–H groups in total. The minimum Gasteiger partial charge on any atom is -0.478 e. The Hall–Kier alpha value is -1.85. The zero-order valence-electron chi connectivity index (χ0n) is 12.0. The topological polar surface area (TPSA) is 95.5 Å². The molecular weight excluding hydrogens is 248 g/mol. The number of hydrogen-bond donors (Lipinski definition) is 3. The fourth-order valence-corrected chi connectivity index (χ4v) is 1.47. The normalized spacial score (nSPS) is 13.6. The summed E-state index contributed by atoms with van der Waals surface area (Å²) < 4.78 is 0. The standard InChI is InChI=1S/C13H22N2O4/c1-6-10(7(2)3)14-13(19)15-11(16)8(4)9(5)12(17)18/h7,10H,6H2,1-5H3,(H,17,18)(H2,14,15,16,19). The molecule has 1 atom stereocenters. The SMILES string of the molecule is CCC(NC(=O)NC(=O)C(C)=C(C)C(=O)O)C(C)C. The van der Waals surface area contributed by atoms with Crippen molar-refractivity contribution in [2.75, 3.05) is 0 Å². The lowest BCUT2D eigenvalue weighted by molar-refractivity contribution is -0.133. The number of carboxylic acid groups (broad SMARTS) is 1. The van der Waals surface area contributed by atoms with Crippen LogP contribution in [0.3, 0.4) is 0 Å². The van der Waals surface area contributed by atoms with Gasteiger partial charge in [-0.15, -0.1) is 0 Å². The summed E-state index contributed by atoms with van der Waals surface area (Å²) in [6, 6.07) is -0.638. The Morgan fingerprint density at radius 3 is 2.00 bits per heavy atom. The Morgan fingerprint density at radius 2 is 1.63 bits per heavy atom. The predicted octanol–water partition coefficient (Wildman–Crippen LogP) is 1.67. The molecule has 0 aliphatic rings. The van der Waals surface area contributed by atoms with Gasteiger partial charge in [-0.25, -0.2) is 9.59 Å². The van der Waals surface area contributed by atoms with E-state index in [1.54, 1.807) is 0 Å². The van der Waals surface area contributed by atoms with Crippen LogP contribution in [-0.2, 0) is 9.59 Å². The van der Waals surface area contributed by atoms with E-state index in [9.17, 15) is 14.4 Å². The van der Waals surface area contributed by atoms with Gasteiger partial charge in [0.15, 0.2) is 0 Å². The van der Waals surface area contributed by atoms with E-state index in [0.717, 1.165) is 6.42 Å². The lowest BCUT2D eigenvalue weighted by atomic mass is 10.0. The Morgan fingerprint density at radius 1 is 1.11 bits per heavy atom. The highest BCUT2D eigenvalue weighted by Crippen LogP contribution is 2.06. The Bertz CT molecular complexity index is 399. The van der Waals surface area contributed by atoms with E-state index in [1.165, 1.54) is 13.8 Å². The molecule has 0 spiro atoms. The van der Waals surface area contributed by atoms with Gasteiger partial charge in [0, 0.05) is 17.2 Å². The summed E-state index contributed by atoms with van der Waals surface area (Å²) in [7, 11) is 0. The first kappa shape index (κ1) is 17.2. The van der Waals surface area contributed by atoms with Crippen LogP contribution in [0.15, 0.2) is 11.1 Å². The third-order valence-corrected chi connectivity index (χ3v) is 3.01. The second kappa shape index (κ2) is 7.56. The number of amides is 3. The van der Waals surface area contributed by atoms with Crippen molar-refractivity contribution >= 4 is 17.9 Å². The van der Waals surface area contributed by atoms with Crippen LogP contribution >= 0.6 is 0 Å². The quantitative estimate of drug-likeness (QED) is 0.662. The van der Waals surface area contributed by atoms with Crippen molar-refractivity contribution in [3.63, 3.8) is 0 Å². The fourth-order valence-electron chi connectivity index (χ4n) is 1.47. The first-order valence-corrected chi connectivity index (χ1v) is 6.23. The van der Waals surface area contributed by atoms with Crippen molar-refractivity contribution in [2.24, 2.45) is 5.92 Å². The molecule has 0 saturated heterocycles. The van der Waals surface area contributed by atoms with Gasteiger partial charge in [0.1, 0.15) is 0 Å². The Balaban J connectivity index is 4.63. The number of imide groups is 1. The molecule has 0 aromatic rings. The highest BCUT2D eigenvalue weighted by atomic mass is 16.4. The zero-order chi connectivity index (χ0) is 15.2. The van der Waals surface area contributed by atoms with Crippen molar-refractivity contribution in [1.82, 2.24) is 10.6 Å². The molecule has 6 heteroatoms. The lowest BCUT2D eigenvalue weighted by Crippen LogP contribution is -2.46. The van der Waals surface area contributed by atoms with Crippen LogP contribution in [0.4, 0.5) is 4.79 Å². The number of rotatable bonds is 5. The van der Waals surface area contributed by atoms with Crippen LogP contribution in [0.1, 0.15) is 41.0 Å². The number of hydrogen-bond acceptors (Lipinski definition) is 3. The van der Waals surface area contributed by atoms with Crippen molar-refractivity contribution in [3.8, 4) is 0 Å². The fraction of sp³-hybridized carbons (Fsp3) is 0.615. The molecule has 0 saturated carbocycles. The summed E-state index contributed by atoms with van der Waals surface area (Å²) in [6.45, 7) is 8.56.